The van der Waals surface area contributed by atoms with Crippen LogP contribution in [-0.4, -0.2) is 26.4 Å². The minimum atomic E-state index is -0.152. The average Bonchev–Trinajstić information content (AvgIpc) is 2.95. The number of hydrogen-bond donors (Lipinski definition) is 1. The van der Waals surface area contributed by atoms with Crippen LogP contribution in [-0.2, 0) is 17.8 Å². The topological polar surface area (TPSA) is 69.0 Å². The second kappa shape index (κ2) is 9.33. The fraction of sp³-hybridized carbons (Fsp3) is 0.286. The van der Waals surface area contributed by atoms with Crippen LogP contribution < -0.4 is 10.1 Å². The molecule has 1 aromatic heterocycles. The largest absolute Gasteiger partial charge is 0.455 e. The van der Waals surface area contributed by atoms with Gasteiger partial charge in [0.1, 0.15) is 11.6 Å². The zero-order chi connectivity index (χ0) is 20.1. The lowest BCUT2D eigenvalue weighted by molar-refractivity contribution is -0.113. The van der Waals surface area contributed by atoms with Crippen molar-refractivity contribution in [3.8, 4) is 11.5 Å². The molecular weight excluding hydrogens is 408 g/mol. The third-order valence-corrected chi connectivity index (χ3v) is 5.80. The zero-order valence-electron chi connectivity index (χ0n) is 15.8. The maximum Gasteiger partial charge on any atom is 0.234 e. The quantitative estimate of drug-likeness (QED) is 0.548. The Morgan fingerprint density at radius 2 is 2.00 bits per heavy atom. The fourth-order valence-corrected chi connectivity index (χ4v) is 4.14. The molecule has 3 aromatic rings. The van der Waals surface area contributed by atoms with Gasteiger partial charge >= 0.3 is 0 Å². The monoisotopic (exact) mass is 428 g/mol. The van der Waals surface area contributed by atoms with Crippen LogP contribution in [0, 0.1) is 0 Å². The third-order valence-electron chi connectivity index (χ3n) is 4.59. The number of hydrogen-bond acceptors (Lipinski definition) is 5. The minimum Gasteiger partial charge on any atom is -0.455 e. The molecule has 0 bridgehead atoms. The molecule has 0 spiro atoms. The Bertz CT molecular complexity index is 994. The van der Waals surface area contributed by atoms with E-state index in [9.17, 15) is 4.79 Å². The first-order valence-electron chi connectivity index (χ1n) is 9.56. The molecule has 0 unspecified atom stereocenters. The van der Waals surface area contributed by atoms with Crippen molar-refractivity contribution >= 4 is 35.0 Å². The second-order valence-electron chi connectivity index (χ2n) is 6.75. The first-order valence-corrected chi connectivity index (χ1v) is 10.9. The number of halogens is 1. The SMILES string of the molecule is O=C(CSc1nnc2n1CCCCC2)Nc1cc(Cl)ccc1Oc1ccccc1. The molecule has 8 heteroatoms. The summed E-state index contributed by atoms with van der Waals surface area (Å²) < 4.78 is 8.03. The van der Waals surface area contributed by atoms with E-state index in [0.29, 0.717) is 22.2 Å². The van der Waals surface area contributed by atoms with Gasteiger partial charge in [0.25, 0.3) is 0 Å². The van der Waals surface area contributed by atoms with Crippen molar-refractivity contribution in [1.82, 2.24) is 14.8 Å². The van der Waals surface area contributed by atoms with Gasteiger partial charge in [0.15, 0.2) is 10.9 Å². The Labute approximate surface area is 178 Å². The molecule has 1 amide bonds. The molecule has 29 heavy (non-hydrogen) atoms. The Hall–Kier alpha value is -2.51. The highest BCUT2D eigenvalue weighted by molar-refractivity contribution is 7.99. The number of para-hydroxylation sites is 1. The number of anilines is 1. The summed E-state index contributed by atoms with van der Waals surface area (Å²) in [5.74, 6) is 2.32. The average molecular weight is 429 g/mol. The minimum absolute atomic E-state index is 0.152. The summed E-state index contributed by atoms with van der Waals surface area (Å²) in [5.41, 5.74) is 0.534. The number of aryl methyl sites for hydroxylation is 1. The van der Waals surface area contributed by atoms with Gasteiger partial charge in [-0.05, 0) is 43.2 Å². The number of carbonyl (C=O) groups is 1. The Morgan fingerprint density at radius 1 is 1.14 bits per heavy atom. The zero-order valence-corrected chi connectivity index (χ0v) is 17.4. The van der Waals surface area contributed by atoms with Crippen molar-refractivity contribution in [2.24, 2.45) is 0 Å². The van der Waals surface area contributed by atoms with Crippen molar-refractivity contribution in [3.05, 3.63) is 59.4 Å². The van der Waals surface area contributed by atoms with Crippen LogP contribution in [0.25, 0.3) is 0 Å². The number of rotatable bonds is 6. The highest BCUT2D eigenvalue weighted by Crippen LogP contribution is 2.32. The summed E-state index contributed by atoms with van der Waals surface area (Å²) >= 11 is 7.52. The molecule has 0 aliphatic carbocycles. The molecule has 0 saturated carbocycles. The van der Waals surface area contributed by atoms with Crippen LogP contribution in [0.4, 0.5) is 5.69 Å². The van der Waals surface area contributed by atoms with Gasteiger partial charge in [-0.3, -0.25) is 4.79 Å². The van der Waals surface area contributed by atoms with Gasteiger partial charge in [-0.1, -0.05) is 48.0 Å². The van der Waals surface area contributed by atoms with E-state index in [-0.39, 0.29) is 11.7 Å². The van der Waals surface area contributed by atoms with E-state index in [1.54, 1.807) is 18.2 Å². The van der Waals surface area contributed by atoms with Gasteiger partial charge in [0, 0.05) is 18.0 Å². The molecule has 0 radical (unpaired) electrons. The maximum absolute atomic E-state index is 12.6. The van der Waals surface area contributed by atoms with Gasteiger partial charge in [-0.15, -0.1) is 10.2 Å². The number of aromatic nitrogens is 3. The van der Waals surface area contributed by atoms with Gasteiger partial charge in [-0.2, -0.15) is 0 Å². The van der Waals surface area contributed by atoms with Crippen LogP contribution >= 0.6 is 23.4 Å². The summed E-state index contributed by atoms with van der Waals surface area (Å²) in [7, 11) is 0. The third kappa shape index (κ3) is 5.10. The van der Waals surface area contributed by atoms with Crippen molar-refractivity contribution in [1.29, 1.82) is 0 Å². The number of nitrogens with zero attached hydrogens (tertiary/aromatic N) is 3. The van der Waals surface area contributed by atoms with Gasteiger partial charge in [0.2, 0.25) is 5.91 Å². The number of nitrogens with one attached hydrogen (secondary N) is 1. The number of amides is 1. The predicted octanol–water partition coefficient (Wildman–Crippen LogP) is 5.18. The van der Waals surface area contributed by atoms with Gasteiger partial charge in [-0.25, -0.2) is 0 Å². The van der Waals surface area contributed by atoms with Crippen molar-refractivity contribution < 1.29 is 9.53 Å². The molecule has 2 aromatic carbocycles. The van der Waals surface area contributed by atoms with E-state index in [1.165, 1.54) is 18.2 Å². The van der Waals surface area contributed by atoms with Crippen LogP contribution in [0.3, 0.4) is 0 Å². The lowest BCUT2D eigenvalue weighted by Gasteiger charge is -2.13. The van der Waals surface area contributed by atoms with Crippen LogP contribution in [0.1, 0.15) is 25.1 Å². The molecule has 1 aliphatic rings. The number of benzene rings is 2. The lowest BCUT2D eigenvalue weighted by Crippen LogP contribution is -2.15. The second-order valence-corrected chi connectivity index (χ2v) is 8.13. The summed E-state index contributed by atoms with van der Waals surface area (Å²) in [6, 6.07) is 14.6. The molecule has 0 atom stereocenters. The smallest absolute Gasteiger partial charge is 0.234 e. The maximum atomic E-state index is 12.6. The highest BCUT2D eigenvalue weighted by Gasteiger charge is 2.17. The molecule has 0 saturated heterocycles. The molecule has 4 rings (SSSR count). The number of ether oxygens (including phenoxy) is 1. The number of carbonyl (C=O) groups excluding carboxylic acids is 1. The van der Waals surface area contributed by atoms with Crippen molar-refractivity contribution in [3.63, 3.8) is 0 Å². The molecule has 0 fully saturated rings. The Kier molecular flexibility index (Phi) is 6.36. The van der Waals surface area contributed by atoms with E-state index >= 15 is 0 Å². The van der Waals surface area contributed by atoms with Crippen molar-refractivity contribution in [2.75, 3.05) is 11.1 Å². The molecule has 150 valence electrons. The molecular formula is C21H21ClN4O2S. The van der Waals surface area contributed by atoms with E-state index in [0.717, 1.165) is 36.8 Å². The first-order chi connectivity index (χ1) is 14.2. The summed E-state index contributed by atoms with van der Waals surface area (Å²) in [5, 5.41) is 12.7. The number of thioether (sulfide) groups is 1. The molecule has 1 N–H and O–H groups in total. The van der Waals surface area contributed by atoms with E-state index in [4.69, 9.17) is 16.3 Å². The fourth-order valence-electron chi connectivity index (χ4n) is 3.19. The standard InChI is InChI=1S/C21H21ClN4O2S/c22-15-10-11-18(28-16-7-3-1-4-8-16)17(13-15)23-20(27)14-29-21-25-24-19-9-5-2-6-12-26(19)21/h1,3-4,7-8,10-11,13H,2,5-6,9,12,14H2,(H,23,27). The Balaban J connectivity index is 1.42. The molecule has 6 nitrogen and oxygen atoms in total. The van der Waals surface area contributed by atoms with Gasteiger partial charge < -0.3 is 14.6 Å². The van der Waals surface area contributed by atoms with Crippen LogP contribution in [0.5, 0.6) is 11.5 Å². The highest BCUT2D eigenvalue weighted by atomic mass is 35.5. The van der Waals surface area contributed by atoms with E-state index < -0.39 is 0 Å². The summed E-state index contributed by atoms with van der Waals surface area (Å²) in [4.78, 5) is 12.6. The van der Waals surface area contributed by atoms with Gasteiger partial charge in [0.05, 0.1) is 11.4 Å². The molecule has 1 aliphatic heterocycles. The normalized spacial score (nSPS) is 13.4. The van der Waals surface area contributed by atoms with Crippen molar-refractivity contribution in [2.45, 2.75) is 37.4 Å². The predicted molar refractivity (Wildman–Crippen MR) is 115 cm³/mol. The summed E-state index contributed by atoms with van der Waals surface area (Å²) in [6.45, 7) is 0.912. The lowest BCUT2D eigenvalue weighted by atomic mass is 10.2. The van der Waals surface area contributed by atoms with E-state index in [2.05, 4.69) is 20.1 Å². The summed E-state index contributed by atoms with van der Waals surface area (Å²) in [6.07, 6.45) is 4.41. The van der Waals surface area contributed by atoms with E-state index in [1.807, 2.05) is 30.3 Å². The Morgan fingerprint density at radius 3 is 2.86 bits per heavy atom. The number of fused-ring (bicyclic) bond motifs is 1. The molecule has 2 heterocycles. The first kappa shape index (κ1) is 19.8. The van der Waals surface area contributed by atoms with Crippen LogP contribution in [0.15, 0.2) is 53.7 Å². The van der Waals surface area contributed by atoms with Crippen LogP contribution in [0.2, 0.25) is 5.02 Å².